The summed E-state index contributed by atoms with van der Waals surface area (Å²) in [7, 11) is 0. The van der Waals surface area contributed by atoms with Crippen LogP contribution in [-0.2, 0) is 6.61 Å². The van der Waals surface area contributed by atoms with E-state index in [0.717, 1.165) is 11.3 Å². The lowest BCUT2D eigenvalue weighted by molar-refractivity contribution is 0.301. The number of aromatic nitrogens is 1. The van der Waals surface area contributed by atoms with Gasteiger partial charge in [-0.2, -0.15) is 0 Å². The molecule has 2 nitrogen and oxygen atoms in total. The highest BCUT2D eigenvalue weighted by atomic mass is 35.5. The molecule has 17 heavy (non-hydrogen) atoms. The number of halogens is 2. The highest BCUT2D eigenvalue weighted by Gasteiger charge is 2.03. The number of pyridine rings is 1. The minimum absolute atomic E-state index is 0.351. The fourth-order valence-electron chi connectivity index (χ4n) is 1.40. The first-order valence-electron chi connectivity index (χ1n) is 5.14. The molecule has 2 rings (SSSR count). The van der Waals surface area contributed by atoms with Crippen LogP contribution in [0.15, 0.2) is 36.5 Å². The van der Waals surface area contributed by atoms with E-state index in [-0.39, 0.29) is 0 Å². The molecule has 2 aromatic rings. The van der Waals surface area contributed by atoms with Crippen LogP contribution in [0.3, 0.4) is 0 Å². The van der Waals surface area contributed by atoms with Crippen molar-refractivity contribution >= 4 is 23.2 Å². The minimum atomic E-state index is 0.351. The normalized spacial score (nSPS) is 10.3. The van der Waals surface area contributed by atoms with Crippen LogP contribution in [-0.4, -0.2) is 4.98 Å². The Morgan fingerprint density at radius 2 is 2.00 bits per heavy atom. The van der Waals surface area contributed by atoms with Crippen LogP contribution in [0.2, 0.25) is 10.0 Å². The smallest absolute Gasteiger partial charge is 0.138 e. The molecule has 0 spiro atoms. The Morgan fingerprint density at radius 1 is 1.18 bits per heavy atom. The zero-order valence-corrected chi connectivity index (χ0v) is 10.8. The third-order valence-corrected chi connectivity index (χ3v) is 2.79. The molecule has 1 heterocycles. The van der Waals surface area contributed by atoms with Gasteiger partial charge >= 0.3 is 0 Å². The number of aryl methyl sites for hydroxylation is 1. The zero-order chi connectivity index (χ0) is 12.3. The van der Waals surface area contributed by atoms with Crippen LogP contribution in [0, 0.1) is 6.92 Å². The Balaban J connectivity index is 2.09. The van der Waals surface area contributed by atoms with Crippen LogP contribution in [0.4, 0.5) is 0 Å². The largest absolute Gasteiger partial charge is 0.486 e. The van der Waals surface area contributed by atoms with Gasteiger partial charge in [-0.05, 0) is 36.8 Å². The van der Waals surface area contributed by atoms with Gasteiger partial charge in [0.15, 0.2) is 0 Å². The van der Waals surface area contributed by atoms with Gasteiger partial charge in [0, 0.05) is 11.2 Å². The van der Waals surface area contributed by atoms with Crippen LogP contribution in [0.1, 0.15) is 11.3 Å². The molecule has 0 aliphatic carbocycles. The first-order valence-corrected chi connectivity index (χ1v) is 5.90. The molecular formula is C13H11Cl2NO. The summed E-state index contributed by atoms with van der Waals surface area (Å²) in [6.45, 7) is 2.34. The van der Waals surface area contributed by atoms with E-state index in [9.17, 15) is 0 Å². The Hall–Kier alpha value is -1.25. The molecule has 0 saturated heterocycles. The maximum absolute atomic E-state index is 6.02. The number of hydrogen-bond acceptors (Lipinski definition) is 2. The lowest BCUT2D eigenvalue weighted by Gasteiger charge is -2.08. The lowest BCUT2D eigenvalue weighted by Crippen LogP contribution is -1.98. The van der Waals surface area contributed by atoms with Crippen molar-refractivity contribution < 1.29 is 4.74 Å². The topological polar surface area (TPSA) is 22.1 Å². The number of nitrogens with zero attached hydrogens (tertiary/aromatic N) is 1. The van der Waals surface area contributed by atoms with Gasteiger partial charge in [0.25, 0.3) is 0 Å². The Morgan fingerprint density at radius 3 is 2.76 bits per heavy atom. The summed E-state index contributed by atoms with van der Waals surface area (Å²) in [5.41, 5.74) is 1.87. The fraction of sp³-hybridized carbons (Fsp3) is 0.154. The van der Waals surface area contributed by atoms with Crippen LogP contribution in [0.25, 0.3) is 0 Å². The molecule has 0 amide bonds. The average Bonchev–Trinajstić information content (AvgIpc) is 2.30. The van der Waals surface area contributed by atoms with Gasteiger partial charge < -0.3 is 4.74 Å². The van der Waals surface area contributed by atoms with E-state index in [1.807, 2.05) is 25.1 Å². The summed E-state index contributed by atoms with van der Waals surface area (Å²) < 4.78 is 5.61. The van der Waals surface area contributed by atoms with E-state index in [2.05, 4.69) is 4.98 Å². The van der Waals surface area contributed by atoms with Gasteiger partial charge in [-0.1, -0.05) is 29.3 Å². The summed E-state index contributed by atoms with van der Waals surface area (Å²) in [4.78, 5) is 4.15. The van der Waals surface area contributed by atoms with Crippen molar-refractivity contribution in [3.05, 3.63) is 57.8 Å². The molecule has 88 valence electrons. The van der Waals surface area contributed by atoms with Gasteiger partial charge in [0.1, 0.15) is 12.4 Å². The first-order chi connectivity index (χ1) is 8.15. The van der Waals surface area contributed by atoms with E-state index in [0.29, 0.717) is 22.4 Å². The highest BCUT2D eigenvalue weighted by Crippen LogP contribution is 2.26. The number of hydrogen-bond donors (Lipinski definition) is 0. The van der Waals surface area contributed by atoms with Crippen molar-refractivity contribution in [3.63, 3.8) is 0 Å². The third-order valence-electron chi connectivity index (χ3n) is 2.24. The molecule has 0 fully saturated rings. The molecule has 1 aromatic carbocycles. The molecule has 0 N–H and O–H groups in total. The SMILES string of the molecule is Cc1ccc(Cl)c(OCc2cc(Cl)ccn2)c1. The molecule has 1 aromatic heterocycles. The van der Waals surface area contributed by atoms with Crippen LogP contribution in [0.5, 0.6) is 5.75 Å². The highest BCUT2D eigenvalue weighted by molar-refractivity contribution is 6.32. The Bertz CT molecular complexity index is 529. The second kappa shape index (κ2) is 5.39. The summed E-state index contributed by atoms with van der Waals surface area (Å²) in [5.74, 6) is 0.661. The molecule has 0 atom stereocenters. The van der Waals surface area contributed by atoms with Crippen molar-refractivity contribution in [3.8, 4) is 5.75 Å². The molecule has 0 aliphatic heterocycles. The monoisotopic (exact) mass is 267 g/mol. The third kappa shape index (κ3) is 3.35. The van der Waals surface area contributed by atoms with E-state index in [1.54, 1.807) is 18.3 Å². The zero-order valence-electron chi connectivity index (χ0n) is 9.28. The van der Waals surface area contributed by atoms with E-state index in [1.165, 1.54) is 0 Å². The van der Waals surface area contributed by atoms with Gasteiger partial charge in [-0.25, -0.2) is 0 Å². The van der Waals surface area contributed by atoms with Gasteiger partial charge in [0.2, 0.25) is 0 Å². The van der Waals surface area contributed by atoms with E-state index >= 15 is 0 Å². The lowest BCUT2D eigenvalue weighted by atomic mass is 10.2. The molecule has 0 bridgehead atoms. The average molecular weight is 268 g/mol. The fourth-order valence-corrected chi connectivity index (χ4v) is 1.75. The predicted molar refractivity (Wildman–Crippen MR) is 69.8 cm³/mol. The Labute approximate surface area is 110 Å². The molecule has 0 saturated carbocycles. The van der Waals surface area contributed by atoms with Crippen molar-refractivity contribution in [1.82, 2.24) is 4.98 Å². The molecule has 0 aliphatic rings. The van der Waals surface area contributed by atoms with Crippen molar-refractivity contribution in [1.29, 1.82) is 0 Å². The Kier molecular flexibility index (Phi) is 3.87. The van der Waals surface area contributed by atoms with Gasteiger partial charge in [0.05, 0.1) is 10.7 Å². The van der Waals surface area contributed by atoms with Crippen molar-refractivity contribution in [2.75, 3.05) is 0 Å². The van der Waals surface area contributed by atoms with Crippen molar-refractivity contribution in [2.45, 2.75) is 13.5 Å². The summed E-state index contributed by atoms with van der Waals surface area (Å²) in [6.07, 6.45) is 1.65. The molecule has 0 unspecified atom stereocenters. The van der Waals surface area contributed by atoms with Crippen LogP contribution >= 0.6 is 23.2 Å². The van der Waals surface area contributed by atoms with Crippen molar-refractivity contribution in [2.24, 2.45) is 0 Å². The molecular weight excluding hydrogens is 257 g/mol. The van der Waals surface area contributed by atoms with E-state index < -0.39 is 0 Å². The summed E-state index contributed by atoms with van der Waals surface area (Å²) in [5, 5.41) is 1.24. The first kappa shape index (κ1) is 12.2. The van der Waals surface area contributed by atoms with E-state index in [4.69, 9.17) is 27.9 Å². The number of ether oxygens (including phenoxy) is 1. The summed E-state index contributed by atoms with van der Waals surface area (Å²) >= 11 is 11.9. The number of benzene rings is 1. The predicted octanol–water partition coefficient (Wildman–Crippen LogP) is 4.28. The second-order valence-corrected chi connectivity index (χ2v) is 4.53. The quantitative estimate of drug-likeness (QED) is 0.829. The van der Waals surface area contributed by atoms with Gasteiger partial charge in [-0.3, -0.25) is 4.98 Å². The maximum atomic E-state index is 6.02. The second-order valence-electron chi connectivity index (χ2n) is 3.69. The number of rotatable bonds is 3. The molecule has 4 heteroatoms. The summed E-state index contributed by atoms with van der Waals surface area (Å²) in [6, 6.07) is 9.15. The van der Waals surface area contributed by atoms with Gasteiger partial charge in [-0.15, -0.1) is 0 Å². The van der Waals surface area contributed by atoms with Crippen LogP contribution < -0.4 is 4.74 Å². The molecule has 0 radical (unpaired) electrons. The minimum Gasteiger partial charge on any atom is -0.486 e. The standard InChI is InChI=1S/C13H11Cl2NO/c1-9-2-3-12(15)13(6-9)17-8-11-7-10(14)4-5-16-11/h2-7H,8H2,1H3. The maximum Gasteiger partial charge on any atom is 0.138 e.